The first kappa shape index (κ1) is 13.9. The van der Waals surface area contributed by atoms with E-state index in [1.165, 1.54) is 0 Å². The predicted octanol–water partition coefficient (Wildman–Crippen LogP) is 1.04. The quantitative estimate of drug-likeness (QED) is 0.809. The van der Waals surface area contributed by atoms with Crippen molar-refractivity contribution >= 4 is 10.0 Å². The summed E-state index contributed by atoms with van der Waals surface area (Å²) in [6, 6.07) is 0.462. The Balaban J connectivity index is 2.75. The minimum absolute atomic E-state index is 0.309. The van der Waals surface area contributed by atoms with E-state index in [0.29, 0.717) is 25.0 Å². The van der Waals surface area contributed by atoms with Crippen molar-refractivity contribution in [2.24, 2.45) is 5.92 Å². The molecule has 1 fully saturated rings. The number of rotatable bonds is 4. The van der Waals surface area contributed by atoms with Crippen LogP contribution in [0.15, 0.2) is 0 Å². The highest BCUT2D eigenvalue weighted by Gasteiger charge is 2.34. The first-order valence-electron chi connectivity index (χ1n) is 6.09. The molecule has 16 heavy (non-hydrogen) atoms. The van der Waals surface area contributed by atoms with Gasteiger partial charge in [-0.05, 0) is 33.2 Å². The molecule has 1 saturated heterocycles. The van der Waals surface area contributed by atoms with E-state index in [0.717, 1.165) is 12.8 Å². The van der Waals surface area contributed by atoms with E-state index < -0.39 is 10.0 Å². The van der Waals surface area contributed by atoms with Gasteiger partial charge in [-0.2, -0.15) is 0 Å². The van der Waals surface area contributed by atoms with Gasteiger partial charge in [0.2, 0.25) is 10.0 Å². The van der Waals surface area contributed by atoms with Gasteiger partial charge in [0, 0.05) is 19.1 Å². The topological polar surface area (TPSA) is 49.4 Å². The van der Waals surface area contributed by atoms with Crippen molar-refractivity contribution < 1.29 is 8.42 Å². The lowest BCUT2D eigenvalue weighted by Crippen LogP contribution is -2.51. The van der Waals surface area contributed by atoms with Gasteiger partial charge in [-0.1, -0.05) is 13.3 Å². The molecule has 1 heterocycles. The molecule has 0 aromatic heterocycles. The molecule has 0 aromatic carbocycles. The Morgan fingerprint density at radius 3 is 2.50 bits per heavy atom. The Morgan fingerprint density at radius 1 is 1.44 bits per heavy atom. The maximum Gasteiger partial charge on any atom is 0.216 e. The van der Waals surface area contributed by atoms with Crippen LogP contribution in [0.5, 0.6) is 0 Å². The zero-order valence-corrected chi connectivity index (χ0v) is 11.5. The normalized spacial score (nSPS) is 28.6. The van der Waals surface area contributed by atoms with Crippen LogP contribution in [0.2, 0.25) is 0 Å². The van der Waals surface area contributed by atoms with Gasteiger partial charge in [-0.25, -0.2) is 12.7 Å². The summed E-state index contributed by atoms with van der Waals surface area (Å²) < 4.78 is 25.8. The molecule has 1 rings (SSSR count). The van der Waals surface area contributed by atoms with Crippen LogP contribution < -0.4 is 5.32 Å². The molecule has 0 amide bonds. The Morgan fingerprint density at radius 2 is 2.06 bits per heavy atom. The molecule has 0 radical (unpaired) electrons. The summed E-state index contributed by atoms with van der Waals surface area (Å²) in [6.07, 6.45) is 1.94. The van der Waals surface area contributed by atoms with Crippen LogP contribution in [0.3, 0.4) is 0 Å². The lowest BCUT2D eigenvalue weighted by Gasteiger charge is -2.38. The number of hydrogen-bond donors (Lipinski definition) is 1. The fourth-order valence-electron chi connectivity index (χ4n) is 2.32. The second-order valence-electron chi connectivity index (χ2n) is 4.80. The third kappa shape index (κ3) is 2.76. The number of sulfonamides is 1. The fraction of sp³-hybridized carbons (Fsp3) is 1.00. The van der Waals surface area contributed by atoms with Crippen molar-refractivity contribution in [3.8, 4) is 0 Å². The molecule has 1 N–H and O–H groups in total. The molecule has 2 unspecified atom stereocenters. The summed E-state index contributed by atoms with van der Waals surface area (Å²) in [5.41, 5.74) is 0. The van der Waals surface area contributed by atoms with Crippen molar-refractivity contribution in [3.05, 3.63) is 0 Å². The number of nitrogens with zero attached hydrogens (tertiary/aromatic N) is 1. The highest BCUT2D eigenvalue weighted by atomic mass is 32.2. The van der Waals surface area contributed by atoms with Crippen LogP contribution >= 0.6 is 0 Å². The Labute approximate surface area is 99.5 Å². The van der Waals surface area contributed by atoms with Crippen molar-refractivity contribution in [2.45, 2.75) is 44.9 Å². The molecule has 0 aliphatic carbocycles. The lowest BCUT2D eigenvalue weighted by molar-refractivity contribution is 0.208. The van der Waals surface area contributed by atoms with Crippen LogP contribution in [0.1, 0.15) is 33.6 Å². The van der Waals surface area contributed by atoms with Crippen molar-refractivity contribution in [1.29, 1.82) is 0 Å². The molecular formula is C11H24N2O2S. The molecule has 0 bridgehead atoms. The van der Waals surface area contributed by atoms with E-state index in [1.807, 2.05) is 7.05 Å². The maximum absolute atomic E-state index is 12.0. The van der Waals surface area contributed by atoms with Gasteiger partial charge in [0.1, 0.15) is 0 Å². The molecule has 0 spiro atoms. The largest absolute Gasteiger partial charge is 0.317 e. The van der Waals surface area contributed by atoms with Gasteiger partial charge < -0.3 is 5.32 Å². The third-order valence-electron chi connectivity index (χ3n) is 3.55. The predicted molar refractivity (Wildman–Crippen MR) is 66.9 cm³/mol. The van der Waals surface area contributed by atoms with Gasteiger partial charge in [0.25, 0.3) is 0 Å². The van der Waals surface area contributed by atoms with Crippen molar-refractivity contribution in [1.82, 2.24) is 9.62 Å². The van der Waals surface area contributed by atoms with E-state index in [-0.39, 0.29) is 5.25 Å². The van der Waals surface area contributed by atoms with Crippen LogP contribution in [0, 0.1) is 5.92 Å². The SMILES string of the molecule is CCC1CN(S(=O)(=O)C(C)C)CCC1NC. The van der Waals surface area contributed by atoms with Gasteiger partial charge in [0.05, 0.1) is 5.25 Å². The molecular weight excluding hydrogens is 224 g/mol. The lowest BCUT2D eigenvalue weighted by atomic mass is 9.91. The number of nitrogens with one attached hydrogen (secondary N) is 1. The standard InChI is InChI=1S/C11H24N2O2S/c1-5-10-8-13(7-6-11(10)12-4)16(14,15)9(2)3/h9-12H,5-8H2,1-4H3. The summed E-state index contributed by atoms with van der Waals surface area (Å²) in [5.74, 6) is 0.437. The zero-order chi connectivity index (χ0) is 12.3. The zero-order valence-electron chi connectivity index (χ0n) is 10.7. The van der Waals surface area contributed by atoms with Gasteiger partial charge in [-0.3, -0.25) is 0 Å². The molecule has 0 saturated carbocycles. The number of hydrogen-bond acceptors (Lipinski definition) is 3. The third-order valence-corrected chi connectivity index (χ3v) is 5.79. The first-order chi connectivity index (χ1) is 7.43. The van der Waals surface area contributed by atoms with Crippen LogP contribution in [0.25, 0.3) is 0 Å². The molecule has 1 aliphatic heterocycles. The smallest absolute Gasteiger partial charge is 0.216 e. The summed E-state index contributed by atoms with van der Waals surface area (Å²) in [6.45, 7) is 6.95. The van der Waals surface area contributed by atoms with Crippen molar-refractivity contribution in [3.63, 3.8) is 0 Å². The average molecular weight is 248 g/mol. The molecule has 96 valence electrons. The Kier molecular flexibility index (Phi) is 4.76. The fourth-order valence-corrected chi connectivity index (χ4v) is 3.68. The highest BCUT2D eigenvalue weighted by molar-refractivity contribution is 7.89. The van der Waals surface area contributed by atoms with E-state index >= 15 is 0 Å². The van der Waals surface area contributed by atoms with E-state index in [4.69, 9.17) is 0 Å². The Bertz CT molecular complexity index is 314. The highest BCUT2D eigenvalue weighted by Crippen LogP contribution is 2.23. The second-order valence-corrected chi connectivity index (χ2v) is 7.29. The molecule has 1 aliphatic rings. The molecule has 2 atom stereocenters. The summed E-state index contributed by atoms with van der Waals surface area (Å²) in [7, 11) is -1.11. The van der Waals surface area contributed by atoms with E-state index in [9.17, 15) is 8.42 Å². The van der Waals surface area contributed by atoms with Crippen molar-refractivity contribution in [2.75, 3.05) is 20.1 Å². The first-order valence-corrected chi connectivity index (χ1v) is 7.60. The van der Waals surface area contributed by atoms with E-state index in [2.05, 4.69) is 12.2 Å². The maximum atomic E-state index is 12.0. The summed E-state index contributed by atoms with van der Waals surface area (Å²) in [4.78, 5) is 0. The summed E-state index contributed by atoms with van der Waals surface area (Å²) in [5, 5.41) is 2.98. The van der Waals surface area contributed by atoms with Gasteiger partial charge in [0.15, 0.2) is 0 Å². The second kappa shape index (κ2) is 5.47. The molecule has 0 aromatic rings. The molecule has 5 heteroatoms. The van der Waals surface area contributed by atoms with E-state index in [1.54, 1.807) is 18.2 Å². The minimum Gasteiger partial charge on any atom is -0.317 e. The molecule has 4 nitrogen and oxygen atoms in total. The number of piperidine rings is 1. The monoisotopic (exact) mass is 248 g/mol. The Hall–Kier alpha value is -0.130. The van der Waals surface area contributed by atoms with Crippen LogP contribution in [-0.2, 0) is 10.0 Å². The summed E-state index contributed by atoms with van der Waals surface area (Å²) >= 11 is 0. The van der Waals surface area contributed by atoms with Crippen LogP contribution in [0.4, 0.5) is 0 Å². The van der Waals surface area contributed by atoms with Crippen LogP contribution in [-0.4, -0.2) is 44.2 Å². The minimum atomic E-state index is -3.07. The van der Waals surface area contributed by atoms with Gasteiger partial charge >= 0.3 is 0 Å². The van der Waals surface area contributed by atoms with Gasteiger partial charge in [-0.15, -0.1) is 0 Å². The average Bonchev–Trinajstić information content (AvgIpc) is 2.27.